The van der Waals surface area contributed by atoms with E-state index < -0.39 is 12.0 Å². The van der Waals surface area contributed by atoms with E-state index in [0.29, 0.717) is 19.4 Å². The van der Waals surface area contributed by atoms with E-state index in [4.69, 9.17) is 0 Å². The molecule has 2 rings (SSSR count). The third kappa shape index (κ3) is 2.65. The van der Waals surface area contributed by atoms with Gasteiger partial charge >= 0.3 is 0 Å². The maximum atomic E-state index is 13.0. The molecule has 1 atom stereocenters. The lowest BCUT2D eigenvalue weighted by Gasteiger charge is -2.31. The van der Waals surface area contributed by atoms with Crippen LogP contribution in [0.2, 0.25) is 0 Å². The van der Waals surface area contributed by atoms with Crippen molar-refractivity contribution in [3.05, 3.63) is 18.0 Å². The van der Waals surface area contributed by atoms with Crippen LogP contribution in [-0.2, 0) is 6.54 Å². The van der Waals surface area contributed by atoms with Gasteiger partial charge in [0, 0.05) is 25.6 Å². The molecule has 0 spiro atoms. The second-order valence-corrected chi connectivity index (χ2v) is 4.71. The first-order valence-corrected chi connectivity index (χ1v) is 6.11. The Bertz CT molecular complexity index is 368. The molecule has 1 aromatic heterocycles. The Hall–Kier alpha value is -0.970. The molecule has 0 amide bonds. The molecule has 1 unspecified atom stereocenters. The maximum Gasteiger partial charge on any atom is 0.248 e. The van der Waals surface area contributed by atoms with Crippen molar-refractivity contribution in [1.82, 2.24) is 9.78 Å². The first-order valence-electron chi connectivity index (χ1n) is 6.11. The fourth-order valence-corrected chi connectivity index (χ4v) is 2.48. The van der Waals surface area contributed by atoms with Crippen LogP contribution in [0, 0.1) is 5.92 Å². The monoisotopic (exact) mass is 244 g/mol. The Kier molecular flexibility index (Phi) is 3.47. The fourth-order valence-electron chi connectivity index (χ4n) is 2.48. The van der Waals surface area contributed by atoms with Crippen molar-refractivity contribution in [3.8, 4) is 0 Å². The lowest BCUT2D eigenvalue weighted by molar-refractivity contribution is -0.0636. The van der Waals surface area contributed by atoms with Gasteiger partial charge in [-0.05, 0) is 31.7 Å². The van der Waals surface area contributed by atoms with E-state index >= 15 is 0 Å². The first-order chi connectivity index (χ1) is 8.03. The normalized spacial score (nSPS) is 22.6. The lowest BCUT2D eigenvalue weighted by atomic mass is 9.82. The van der Waals surface area contributed by atoms with Gasteiger partial charge in [-0.1, -0.05) is 0 Å². The number of nitrogens with zero attached hydrogens (tertiary/aromatic N) is 2. The molecule has 0 bridgehead atoms. The highest BCUT2D eigenvalue weighted by Crippen LogP contribution is 2.41. The van der Waals surface area contributed by atoms with Crippen molar-refractivity contribution in [2.75, 3.05) is 0 Å². The Balaban J connectivity index is 2.04. The number of rotatable bonds is 3. The molecule has 5 heteroatoms. The van der Waals surface area contributed by atoms with E-state index in [9.17, 15) is 13.9 Å². The van der Waals surface area contributed by atoms with Crippen molar-refractivity contribution in [1.29, 1.82) is 0 Å². The zero-order valence-corrected chi connectivity index (χ0v) is 9.94. The molecule has 0 aromatic carbocycles. The molecular formula is C12H18F2N2O. The van der Waals surface area contributed by atoms with Crippen LogP contribution < -0.4 is 0 Å². The minimum Gasteiger partial charge on any atom is -0.387 e. The minimum atomic E-state index is -2.54. The number of aliphatic hydroxyl groups is 1. The molecule has 1 saturated carbocycles. The molecule has 1 aliphatic rings. The number of hydrogen-bond donors (Lipinski definition) is 1. The van der Waals surface area contributed by atoms with Gasteiger partial charge in [-0.3, -0.25) is 4.68 Å². The molecule has 0 saturated heterocycles. The summed E-state index contributed by atoms with van der Waals surface area (Å²) in [7, 11) is 0. The Labute approximate surface area is 99.4 Å². The molecular weight excluding hydrogens is 226 g/mol. The van der Waals surface area contributed by atoms with Gasteiger partial charge in [0.2, 0.25) is 5.92 Å². The zero-order valence-electron chi connectivity index (χ0n) is 9.94. The molecule has 0 radical (unpaired) electrons. The van der Waals surface area contributed by atoms with Crippen molar-refractivity contribution in [2.24, 2.45) is 5.92 Å². The number of hydrogen-bond acceptors (Lipinski definition) is 2. The summed E-state index contributed by atoms with van der Waals surface area (Å²) in [5, 5.41) is 14.3. The van der Waals surface area contributed by atoms with Gasteiger partial charge in [0.15, 0.2) is 0 Å². The van der Waals surface area contributed by atoms with Crippen molar-refractivity contribution < 1.29 is 13.9 Å². The van der Waals surface area contributed by atoms with Crippen LogP contribution in [0.5, 0.6) is 0 Å². The average molecular weight is 244 g/mol. The molecule has 1 aromatic rings. The number of aromatic nitrogens is 2. The van der Waals surface area contributed by atoms with E-state index in [2.05, 4.69) is 5.10 Å². The predicted octanol–water partition coefficient (Wildman–Crippen LogP) is 2.76. The topological polar surface area (TPSA) is 38.0 Å². The Morgan fingerprint density at radius 2 is 2.18 bits per heavy atom. The fraction of sp³-hybridized carbons (Fsp3) is 0.750. The number of aliphatic hydroxyl groups excluding tert-OH is 1. The molecule has 1 N–H and O–H groups in total. The SMILES string of the molecule is CCn1nccc1C(O)C1CCC(F)(F)CC1. The Morgan fingerprint density at radius 1 is 1.53 bits per heavy atom. The Morgan fingerprint density at radius 3 is 2.76 bits per heavy atom. The largest absolute Gasteiger partial charge is 0.387 e. The lowest BCUT2D eigenvalue weighted by Crippen LogP contribution is -2.28. The summed E-state index contributed by atoms with van der Waals surface area (Å²) in [6.45, 7) is 2.63. The molecule has 1 aliphatic carbocycles. The maximum absolute atomic E-state index is 13.0. The van der Waals surface area contributed by atoms with Crippen molar-refractivity contribution in [3.63, 3.8) is 0 Å². The van der Waals surface area contributed by atoms with Crippen LogP contribution in [0.15, 0.2) is 12.3 Å². The number of halogens is 2. The van der Waals surface area contributed by atoms with Crippen molar-refractivity contribution in [2.45, 2.75) is 51.2 Å². The number of alkyl halides is 2. The minimum absolute atomic E-state index is 0.0726. The quantitative estimate of drug-likeness (QED) is 0.887. The zero-order chi connectivity index (χ0) is 12.5. The van der Waals surface area contributed by atoms with Crippen molar-refractivity contribution >= 4 is 0 Å². The van der Waals surface area contributed by atoms with Crippen LogP contribution in [0.1, 0.15) is 44.4 Å². The molecule has 1 fully saturated rings. The van der Waals surface area contributed by atoms with Gasteiger partial charge in [0.25, 0.3) is 0 Å². The molecule has 96 valence electrons. The highest BCUT2D eigenvalue weighted by molar-refractivity contribution is 5.06. The summed E-state index contributed by atoms with van der Waals surface area (Å²) in [6, 6.07) is 1.76. The molecule has 3 nitrogen and oxygen atoms in total. The third-order valence-electron chi connectivity index (χ3n) is 3.56. The van der Waals surface area contributed by atoms with Crippen LogP contribution in [0.25, 0.3) is 0 Å². The summed E-state index contributed by atoms with van der Waals surface area (Å²) in [5.41, 5.74) is 0.739. The highest BCUT2D eigenvalue weighted by atomic mass is 19.3. The van der Waals surface area contributed by atoms with Crippen LogP contribution in [-0.4, -0.2) is 20.8 Å². The second-order valence-electron chi connectivity index (χ2n) is 4.71. The first kappa shape index (κ1) is 12.5. The van der Waals surface area contributed by atoms with Gasteiger partial charge in [-0.2, -0.15) is 5.10 Å². The van der Waals surface area contributed by atoms with Gasteiger partial charge in [-0.25, -0.2) is 8.78 Å². The smallest absolute Gasteiger partial charge is 0.248 e. The van der Waals surface area contributed by atoms with Crippen LogP contribution >= 0.6 is 0 Å². The van der Waals surface area contributed by atoms with E-state index in [0.717, 1.165) is 5.69 Å². The van der Waals surface area contributed by atoms with Gasteiger partial charge in [-0.15, -0.1) is 0 Å². The summed E-state index contributed by atoms with van der Waals surface area (Å²) < 4.78 is 27.8. The van der Waals surface area contributed by atoms with E-state index in [1.807, 2.05) is 6.92 Å². The summed E-state index contributed by atoms with van der Waals surface area (Å²) >= 11 is 0. The summed E-state index contributed by atoms with van der Waals surface area (Å²) in [5.74, 6) is -2.61. The van der Waals surface area contributed by atoms with Crippen LogP contribution in [0.3, 0.4) is 0 Å². The standard InChI is InChI=1S/C12H18F2N2O/c1-2-16-10(5-8-15-16)11(17)9-3-6-12(13,14)7-4-9/h5,8-9,11,17H,2-4,6-7H2,1H3. The van der Waals surface area contributed by atoms with E-state index in [1.165, 1.54) is 0 Å². The summed E-state index contributed by atoms with van der Waals surface area (Å²) in [6.07, 6.45) is 1.49. The average Bonchev–Trinajstić information content (AvgIpc) is 2.76. The third-order valence-corrected chi connectivity index (χ3v) is 3.56. The van der Waals surface area contributed by atoms with Gasteiger partial charge in [0.1, 0.15) is 0 Å². The van der Waals surface area contributed by atoms with E-state index in [-0.39, 0.29) is 18.8 Å². The van der Waals surface area contributed by atoms with E-state index in [1.54, 1.807) is 16.9 Å². The van der Waals surface area contributed by atoms with Gasteiger partial charge in [0.05, 0.1) is 11.8 Å². The van der Waals surface area contributed by atoms with Gasteiger partial charge < -0.3 is 5.11 Å². The van der Waals surface area contributed by atoms with Crippen LogP contribution in [0.4, 0.5) is 8.78 Å². The second kappa shape index (κ2) is 4.72. The molecule has 0 aliphatic heterocycles. The molecule has 17 heavy (non-hydrogen) atoms. The summed E-state index contributed by atoms with van der Waals surface area (Å²) in [4.78, 5) is 0. The highest BCUT2D eigenvalue weighted by Gasteiger charge is 2.38. The number of aryl methyl sites for hydroxylation is 1. The predicted molar refractivity (Wildman–Crippen MR) is 59.8 cm³/mol. The molecule has 1 heterocycles.